The van der Waals surface area contributed by atoms with Crippen LogP contribution in [-0.4, -0.2) is 30.6 Å². The molecule has 110 valence electrons. The molecular weight excluding hydrogens is 270 g/mol. The van der Waals surface area contributed by atoms with Crippen molar-refractivity contribution < 1.29 is 19.7 Å². The second-order valence-corrected chi connectivity index (χ2v) is 4.36. The number of hydrogen-bond acceptors (Lipinski definition) is 5. The van der Waals surface area contributed by atoms with Crippen molar-refractivity contribution in [1.82, 2.24) is 0 Å². The van der Waals surface area contributed by atoms with Crippen LogP contribution in [0.25, 0.3) is 0 Å². The molecule has 2 aromatic carbocycles. The van der Waals surface area contributed by atoms with Crippen molar-refractivity contribution in [3.05, 3.63) is 47.5 Å². The quantitative estimate of drug-likeness (QED) is 0.829. The number of hydrogen-bond donors (Lipinski definition) is 2. The maximum Gasteiger partial charge on any atom is 0.162 e. The molecule has 2 rings (SSSR count). The van der Waals surface area contributed by atoms with Crippen LogP contribution in [0.5, 0.6) is 23.0 Å². The Bertz CT molecular complexity index is 653. The van der Waals surface area contributed by atoms with Crippen LogP contribution in [0.3, 0.4) is 0 Å². The third kappa shape index (κ3) is 3.45. The summed E-state index contributed by atoms with van der Waals surface area (Å²) >= 11 is 0. The molecule has 2 N–H and O–H groups in total. The van der Waals surface area contributed by atoms with E-state index in [0.717, 1.165) is 0 Å². The Labute approximate surface area is 123 Å². The third-order valence-corrected chi connectivity index (χ3v) is 3.03. The van der Waals surface area contributed by atoms with Crippen molar-refractivity contribution in [2.45, 2.75) is 6.54 Å². The van der Waals surface area contributed by atoms with Crippen LogP contribution in [0.4, 0.5) is 0 Å². The summed E-state index contributed by atoms with van der Waals surface area (Å²) in [5.41, 5.74) is 1.20. The van der Waals surface area contributed by atoms with E-state index in [0.29, 0.717) is 22.6 Å². The molecule has 0 fully saturated rings. The van der Waals surface area contributed by atoms with E-state index in [9.17, 15) is 10.2 Å². The second-order valence-electron chi connectivity index (χ2n) is 4.36. The number of phenols is 2. The van der Waals surface area contributed by atoms with Crippen molar-refractivity contribution in [3.8, 4) is 23.0 Å². The summed E-state index contributed by atoms with van der Waals surface area (Å²) < 4.78 is 10.1. The topological polar surface area (TPSA) is 71.3 Å². The number of phenolic OH excluding ortho intramolecular Hbond substituents is 2. The summed E-state index contributed by atoms with van der Waals surface area (Å²) in [5, 5.41) is 19.7. The molecule has 5 nitrogen and oxygen atoms in total. The van der Waals surface area contributed by atoms with Crippen LogP contribution in [0.15, 0.2) is 41.4 Å². The first kappa shape index (κ1) is 14.7. The Kier molecular flexibility index (Phi) is 4.66. The van der Waals surface area contributed by atoms with Crippen LogP contribution in [-0.2, 0) is 6.54 Å². The molecule has 0 spiro atoms. The minimum absolute atomic E-state index is 0.0759. The van der Waals surface area contributed by atoms with E-state index >= 15 is 0 Å². The first-order valence-corrected chi connectivity index (χ1v) is 6.37. The molecule has 0 radical (unpaired) electrons. The lowest BCUT2D eigenvalue weighted by molar-refractivity contribution is 0.371. The SMILES string of the molecule is COc1ccc(O)c(C=NCc2cccc(OC)c2O)c1. The number of benzene rings is 2. The van der Waals surface area contributed by atoms with Crippen molar-refractivity contribution >= 4 is 6.21 Å². The van der Waals surface area contributed by atoms with Gasteiger partial charge in [-0.3, -0.25) is 4.99 Å². The molecule has 0 unspecified atom stereocenters. The minimum atomic E-state index is 0.0759. The smallest absolute Gasteiger partial charge is 0.162 e. The van der Waals surface area contributed by atoms with Gasteiger partial charge in [0.15, 0.2) is 11.5 Å². The number of aliphatic imine (C=N–C) groups is 1. The minimum Gasteiger partial charge on any atom is -0.507 e. The van der Waals surface area contributed by atoms with Crippen LogP contribution in [0.1, 0.15) is 11.1 Å². The summed E-state index contributed by atoms with van der Waals surface area (Å²) in [6.45, 7) is 0.277. The standard InChI is InChI=1S/C16H17NO4/c1-20-13-6-7-14(18)12(8-13)10-17-9-11-4-3-5-15(21-2)16(11)19/h3-8,10,18-19H,9H2,1-2H3. The Morgan fingerprint density at radius 3 is 2.62 bits per heavy atom. The Balaban J connectivity index is 2.16. The molecule has 0 heterocycles. The molecule has 0 aliphatic carbocycles. The van der Waals surface area contributed by atoms with E-state index < -0.39 is 0 Å². The van der Waals surface area contributed by atoms with E-state index in [-0.39, 0.29) is 18.0 Å². The maximum absolute atomic E-state index is 9.95. The van der Waals surface area contributed by atoms with Gasteiger partial charge in [0.1, 0.15) is 11.5 Å². The van der Waals surface area contributed by atoms with Gasteiger partial charge in [-0.25, -0.2) is 0 Å². The normalized spacial score (nSPS) is 10.8. The van der Waals surface area contributed by atoms with Crippen molar-refractivity contribution in [2.75, 3.05) is 14.2 Å². The summed E-state index contributed by atoms with van der Waals surface area (Å²) in [6, 6.07) is 10.1. The molecule has 0 amide bonds. The molecular formula is C16H17NO4. The molecule has 0 bridgehead atoms. The molecule has 21 heavy (non-hydrogen) atoms. The fourth-order valence-corrected chi connectivity index (χ4v) is 1.87. The fraction of sp³-hybridized carbons (Fsp3) is 0.188. The van der Waals surface area contributed by atoms with Crippen molar-refractivity contribution in [1.29, 1.82) is 0 Å². The van der Waals surface area contributed by atoms with Crippen LogP contribution < -0.4 is 9.47 Å². The lowest BCUT2D eigenvalue weighted by Crippen LogP contribution is -1.90. The molecule has 0 saturated heterocycles. The number of ether oxygens (including phenoxy) is 2. The largest absolute Gasteiger partial charge is 0.507 e. The van der Waals surface area contributed by atoms with Crippen molar-refractivity contribution in [2.24, 2.45) is 4.99 Å². The summed E-state index contributed by atoms with van der Waals surface area (Å²) in [7, 11) is 3.05. The average Bonchev–Trinajstić information content (AvgIpc) is 2.51. The van der Waals surface area contributed by atoms with Gasteiger partial charge in [0.25, 0.3) is 0 Å². The average molecular weight is 287 g/mol. The first-order chi connectivity index (χ1) is 10.2. The van der Waals surface area contributed by atoms with Gasteiger partial charge < -0.3 is 19.7 Å². The zero-order valence-electron chi connectivity index (χ0n) is 11.9. The molecule has 5 heteroatoms. The zero-order chi connectivity index (χ0) is 15.2. The molecule has 0 aliphatic heterocycles. The van der Waals surface area contributed by atoms with Gasteiger partial charge in [-0.1, -0.05) is 12.1 Å². The summed E-state index contributed by atoms with van der Waals surface area (Å²) in [5.74, 6) is 1.24. The maximum atomic E-state index is 9.95. The van der Waals surface area contributed by atoms with Gasteiger partial charge in [0.05, 0.1) is 20.8 Å². The zero-order valence-corrected chi connectivity index (χ0v) is 11.9. The van der Waals surface area contributed by atoms with E-state index in [1.807, 2.05) is 0 Å². The Morgan fingerprint density at radius 1 is 1.10 bits per heavy atom. The van der Waals surface area contributed by atoms with Gasteiger partial charge in [0, 0.05) is 17.3 Å². The van der Waals surface area contributed by atoms with Gasteiger partial charge in [0.2, 0.25) is 0 Å². The molecule has 0 atom stereocenters. The number of para-hydroxylation sites is 1. The predicted molar refractivity (Wildman–Crippen MR) is 80.6 cm³/mol. The lowest BCUT2D eigenvalue weighted by Gasteiger charge is -2.06. The van der Waals surface area contributed by atoms with Crippen LogP contribution in [0.2, 0.25) is 0 Å². The van der Waals surface area contributed by atoms with E-state index in [1.54, 1.807) is 43.5 Å². The third-order valence-electron chi connectivity index (χ3n) is 3.03. The number of nitrogens with zero attached hydrogens (tertiary/aromatic N) is 1. The summed E-state index contributed by atoms with van der Waals surface area (Å²) in [4.78, 5) is 4.23. The molecule has 0 aliphatic rings. The van der Waals surface area contributed by atoms with Gasteiger partial charge in [-0.2, -0.15) is 0 Å². The predicted octanol–water partition coefficient (Wildman–Crippen LogP) is 2.73. The lowest BCUT2D eigenvalue weighted by atomic mass is 10.2. The van der Waals surface area contributed by atoms with E-state index in [2.05, 4.69) is 4.99 Å². The Morgan fingerprint density at radius 2 is 1.90 bits per heavy atom. The molecule has 0 saturated carbocycles. The fourth-order valence-electron chi connectivity index (χ4n) is 1.87. The summed E-state index contributed by atoms with van der Waals surface area (Å²) in [6.07, 6.45) is 1.54. The first-order valence-electron chi connectivity index (χ1n) is 6.37. The Hall–Kier alpha value is -2.69. The number of aromatic hydroxyl groups is 2. The van der Waals surface area contributed by atoms with Gasteiger partial charge in [-0.15, -0.1) is 0 Å². The molecule has 0 aromatic heterocycles. The highest BCUT2D eigenvalue weighted by molar-refractivity contribution is 5.84. The van der Waals surface area contributed by atoms with Crippen LogP contribution >= 0.6 is 0 Å². The number of rotatable bonds is 5. The number of methoxy groups -OCH3 is 2. The van der Waals surface area contributed by atoms with Crippen LogP contribution in [0, 0.1) is 0 Å². The highest BCUT2D eigenvalue weighted by Gasteiger charge is 2.06. The molecule has 2 aromatic rings. The van der Waals surface area contributed by atoms with Gasteiger partial charge >= 0.3 is 0 Å². The second kappa shape index (κ2) is 6.65. The highest BCUT2D eigenvalue weighted by atomic mass is 16.5. The van der Waals surface area contributed by atoms with E-state index in [1.165, 1.54) is 13.3 Å². The van der Waals surface area contributed by atoms with Gasteiger partial charge in [-0.05, 0) is 24.3 Å². The van der Waals surface area contributed by atoms with E-state index in [4.69, 9.17) is 9.47 Å². The van der Waals surface area contributed by atoms with Crippen molar-refractivity contribution in [3.63, 3.8) is 0 Å². The monoisotopic (exact) mass is 287 g/mol. The highest BCUT2D eigenvalue weighted by Crippen LogP contribution is 2.29.